The molecule has 7 nitrogen and oxygen atoms in total. The first-order valence-corrected chi connectivity index (χ1v) is 11.4. The van der Waals surface area contributed by atoms with E-state index in [-0.39, 0.29) is 23.8 Å². The summed E-state index contributed by atoms with van der Waals surface area (Å²) in [6.45, 7) is 4.36. The molecular formula is C26H28N2O5. The number of fused-ring (bicyclic) bond motifs is 4. The second-order valence-corrected chi connectivity index (χ2v) is 9.86. The minimum atomic E-state index is -1.14. The average Bonchev–Trinajstić information content (AvgIpc) is 3.39. The summed E-state index contributed by atoms with van der Waals surface area (Å²) in [5.41, 5.74) is 3.22. The van der Waals surface area contributed by atoms with E-state index in [4.69, 9.17) is 4.74 Å². The van der Waals surface area contributed by atoms with Crippen LogP contribution in [0.1, 0.15) is 50.2 Å². The Bertz CT molecular complexity index is 1090. The number of amides is 2. The van der Waals surface area contributed by atoms with Gasteiger partial charge in [-0.3, -0.25) is 4.79 Å². The topological polar surface area (TPSA) is 95.9 Å². The van der Waals surface area contributed by atoms with Crippen LogP contribution in [0, 0.1) is 5.41 Å². The van der Waals surface area contributed by atoms with Gasteiger partial charge in [0, 0.05) is 12.5 Å². The number of benzene rings is 2. The zero-order valence-electron chi connectivity index (χ0n) is 18.8. The molecule has 0 spiro atoms. The fourth-order valence-corrected chi connectivity index (χ4v) is 6.06. The van der Waals surface area contributed by atoms with Gasteiger partial charge in [-0.15, -0.1) is 0 Å². The van der Waals surface area contributed by atoms with Crippen LogP contribution in [0.5, 0.6) is 0 Å². The van der Waals surface area contributed by atoms with Gasteiger partial charge in [-0.05, 0) is 46.9 Å². The van der Waals surface area contributed by atoms with Crippen molar-refractivity contribution in [3.8, 4) is 11.1 Å². The molecule has 2 bridgehead atoms. The van der Waals surface area contributed by atoms with Crippen molar-refractivity contribution in [2.75, 3.05) is 13.2 Å². The molecule has 0 radical (unpaired) electrons. The van der Waals surface area contributed by atoms with Crippen LogP contribution >= 0.6 is 0 Å². The Morgan fingerprint density at radius 2 is 1.67 bits per heavy atom. The molecule has 2 N–H and O–H groups in total. The minimum Gasteiger partial charge on any atom is -0.479 e. The highest BCUT2D eigenvalue weighted by atomic mass is 16.5. The number of alkyl carbamates (subject to hydrolysis) is 1. The smallest absolute Gasteiger partial charge is 0.407 e. The predicted molar refractivity (Wildman–Crippen MR) is 122 cm³/mol. The van der Waals surface area contributed by atoms with Gasteiger partial charge in [0.1, 0.15) is 18.2 Å². The fraction of sp³-hybridized carbons (Fsp3) is 0.423. The van der Waals surface area contributed by atoms with E-state index < -0.39 is 23.6 Å². The lowest BCUT2D eigenvalue weighted by Crippen LogP contribution is -2.59. The summed E-state index contributed by atoms with van der Waals surface area (Å²) < 4.78 is 5.58. The van der Waals surface area contributed by atoms with Crippen LogP contribution in [0.15, 0.2) is 48.5 Å². The van der Waals surface area contributed by atoms with E-state index in [1.54, 1.807) is 6.92 Å². The number of nitrogens with one attached hydrogen (secondary N) is 1. The van der Waals surface area contributed by atoms with Gasteiger partial charge in [-0.25, -0.2) is 9.59 Å². The van der Waals surface area contributed by atoms with Crippen LogP contribution in [0.4, 0.5) is 4.79 Å². The van der Waals surface area contributed by atoms with Gasteiger partial charge in [-0.1, -0.05) is 62.4 Å². The van der Waals surface area contributed by atoms with Gasteiger partial charge < -0.3 is 20.1 Å². The SMILES string of the molecule is CC[C@H](NC(=O)OCC1c2ccccc2-c2ccccc21)C(=O)N1CC2(C)CC1(C(=O)O)C2. The third kappa shape index (κ3) is 3.29. The number of carboxylic acids is 1. The van der Waals surface area contributed by atoms with Crippen molar-refractivity contribution in [3.05, 3.63) is 59.7 Å². The largest absolute Gasteiger partial charge is 0.479 e. The minimum absolute atomic E-state index is 0.0695. The molecule has 3 fully saturated rings. The van der Waals surface area contributed by atoms with E-state index in [9.17, 15) is 19.5 Å². The molecule has 2 aromatic carbocycles. The van der Waals surface area contributed by atoms with E-state index in [0.717, 1.165) is 22.3 Å². The third-order valence-electron chi connectivity index (χ3n) is 7.50. The van der Waals surface area contributed by atoms with Gasteiger partial charge in [0.25, 0.3) is 0 Å². The molecule has 33 heavy (non-hydrogen) atoms. The molecule has 7 heteroatoms. The Morgan fingerprint density at radius 3 is 2.21 bits per heavy atom. The quantitative estimate of drug-likeness (QED) is 0.701. The molecule has 2 heterocycles. The molecule has 1 saturated carbocycles. The number of carbonyl (C=O) groups is 3. The number of aliphatic carboxylic acids is 1. The second kappa shape index (κ2) is 7.61. The molecule has 0 unspecified atom stereocenters. The summed E-state index contributed by atoms with van der Waals surface area (Å²) in [6.07, 6.45) is 0.607. The van der Waals surface area contributed by atoms with Crippen LogP contribution < -0.4 is 5.32 Å². The van der Waals surface area contributed by atoms with Gasteiger partial charge in [0.15, 0.2) is 0 Å². The normalized spacial score (nSPS) is 25.6. The molecular weight excluding hydrogens is 420 g/mol. The zero-order chi connectivity index (χ0) is 23.4. The van der Waals surface area contributed by atoms with Crippen LogP contribution in [-0.2, 0) is 14.3 Å². The first kappa shape index (κ1) is 21.5. The number of carboxylic acid groups (broad SMARTS) is 1. The van der Waals surface area contributed by atoms with Gasteiger partial charge >= 0.3 is 12.1 Å². The van der Waals surface area contributed by atoms with Crippen LogP contribution in [-0.4, -0.2) is 52.7 Å². The number of hydrogen-bond donors (Lipinski definition) is 2. The highest BCUT2D eigenvalue weighted by molar-refractivity contribution is 5.93. The Hall–Kier alpha value is -3.35. The van der Waals surface area contributed by atoms with Crippen LogP contribution in [0.25, 0.3) is 11.1 Å². The van der Waals surface area contributed by atoms with Gasteiger partial charge in [0.2, 0.25) is 5.91 Å². The molecule has 2 amide bonds. The molecule has 2 saturated heterocycles. The molecule has 2 aromatic rings. The molecule has 172 valence electrons. The average molecular weight is 449 g/mol. The third-order valence-corrected chi connectivity index (χ3v) is 7.50. The Kier molecular flexibility index (Phi) is 4.96. The molecule has 2 aliphatic carbocycles. The van der Waals surface area contributed by atoms with Crippen molar-refractivity contribution in [1.29, 1.82) is 0 Å². The molecule has 4 aliphatic rings. The van der Waals surface area contributed by atoms with E-state index in [0.29, 0.717) is 25.8 Å². The van der Waals surface area contributed by atoms with E-state index in [1.807, 2.05) is 43.3 Å². The summed E-state index contributed by atoms with van der Waals surface area (Å²) in [4.78, 5) is 39.2. The molecule has 0 aromatic heterocycles. The summed E-state index contributed by atoms with van der Waals surface area (Å²) in [5.74, 6) is -1.39. The van der Waals surface area contributed by atoms with Crippen LogP contribution in [0.3, 0.4) is 0 Å². The lowest BCUT2D eigenvalue weighted by molar-refractivity contribution is -0.160. The summed E-state index contributed by atoms with van der Waals surface area (Å²) >= 11 is 0. The van der Waals surface area contributed by atoms with Gasteiger partial charge in [-0.2, -0.15) is 0 Å². The van der Waals surface area contributed by atoms with Crippen molar-refractivity contribution in [1.82, 2.24) is 10.2 Å². The zero-order valence-corrected chi connectivity index (χ0v) is 18.8. The van der Waals surface area contributed by atoms with E-state index in [2.05, 4.69) is 17.4 Å². The second-order valence-electron chi connectivity index (χ2n) is 9.86. The maximum Gasteiger partial charge on any atom is 0.407 e. The number of rotatable bonds is 6. The predicted octanol–water partition coefficient (Wildman–Crippen LogP) is 3.77. The summed E-state index contributed by atoms with van der Waals surface area (Å²) in [7, 11) is 0. The number of carbonyl (C=O) groups excluding carboxylic acids is 2. The van der Waals surface area contributed by atoms with Crippen molar-refractivity contribution in [3.63, 3.8) is 0 Å². The van der Waals surface area contributed by atoms with Crippen molar-refractivity contribution >= 4 is 18.0 Å². The van der Waals surface area contributed by atoms with E-state index in [1.165, 1.54) is 4.90 Å². The Labute approximate surface area is 192 Å². The number of hydrogen-bond acceptors (Lipinski definition) is 4. The monoisotopic (exact) mass is 448 g/mol. The Morgan fingerprint density at radius 1 is 1.09 bits per heavy atom. The number of nitrogens with zero attached hydrogens (tertiary/aromatic N) is 1. The first-order valence-electron chi connectivity index (χ1n) is 11.4. The van der Waals surface area contributed by atoms with Crippen molar-refractivity contribution in [2.24, 2.45) is 5.41 Å². The highest BCUT2D eigenvalue weighted by Crippen LogP contribution is 2.59. The first-order chi connectivity index (χ1) is 15.8. The molecule has 1 atom stereocenters. The highest BCUT2D eigenvalue weighted by Gasteiger charge is 2.69. The fourth-order valence-electron chi connectivity index (χ4n) is 6.06. The van der Waals surface area contributed by atoms with Crippen molar-refractivity contribution in [2.45, 2.75) is 50.6 Å². The Balaban J connectivity index is 1.26. The maximum atomic E-state index is 13.2. The van der Waals surface area contributed by atoms with Crippen LogP contribution in [0.2, 0.25) is 0 Å². The standard InChI is InChI=1S/C26H28N2O5/c1-3-21(22(29)28-15-25(2)13-26(28,14-25)23(30)31)27-24(32)33-12-20-18-10-6-4-8-16(18)17-9-5-7-11-19(17)20/h4-11,20-21H,3,12-15H2,1-2H3,(H,27,32)(H,30,31)/t21-,25?,26?/m0/s1. The van der Waals surface area contributed by atoms with E-state index >= 15 is 0 Å². The lowest BCUT2D eigenvalue weighted by Gasteiger charge is -2.43. The summed E-state index contributed by atoms with van der Waals surface area (Å²) in [6, 6.07) is 15.4. The molecule has 2 aliphatic heterocycles. The van der Waals surface area contributed by atoms with Gasteiger partial charge in [0.05, 0.1) is 0 Å². The lowest BCUT2D eigenvalue weighted by atomic mass is 9.63. The summed E-state index contributed by atoms with van der Waals surface area (Å²) in [5, 5.41) is 12.4. The molecule has 6 rings (SSSR count). The number of ether oxygens (including phenoxy) is 1. The maximum absolute atomic E-state index is 13.2. The van der Waals surface area contributed by atoms with Crippen molar-refractivity contribution < 1.29 is 24.2 Å².